The normalized spacial score (nSPS) is 18.4. The molecule has 1 heterocycles. The van der Waals surface area contributed by atoms with Crippen LogP contribution in [0.15, 0.2) is 11.6 Å². The Kier molecular flexibility index (Phi) is 5.15. The second kappa shape index (κ2) is 6.22. The third-order valence-corrected chi connectivity index (χ3v) is 3.22. The van der Waals surface area contributed by atoms with Crippen molar-refractivity contribution in [1.29, 1.82) is 0 Å². The molecule has 0 aromatic heterocycles. The van der Waals surface area contributed by atoms with Crippen molar-refractivity contribution in [2.75, 3.05) is 13.1 Å². The highest BCUT2D eigenvalue weighted by Crippen LogP contribution is 2.25. The van der Waals surface area contributed by atoms with E-state index in [0.717, 1.165) is 18.4 Å². The lowest BCUT2D eigenvalue weighted by Gasteiger charge is -2.33. The zero-order valence-electron chi connectivity index (χ0n) is 12.7. The molecule has 0 radical (unpaired) electrons. The van der Waals surface area contributed by atoms with Crippen LogP contribution in [0.2, 0.25) is 0 Å². The van der Waals surface area contributed by atoms with Crippen LogP contribution < -0.4 is 0 Å². The van der Waals surface area contributed by atoms with Crippen molar-refractivity contribution in [2.24, 2.45) is 5.92 Å². The molecule has 1 aliphatic rings. The first-order valence-electron chi connectivity index (χ1n) is 6.86. The molecule has 0 saturated carbocycles. The lowest BCUT2D eigenvalue weighted by molar-refractivity contribution is -0.112. The molecule has 1 fully saturated rings. The number of carbonyl (C=O) groups excluding carboxylic acids is 2. The topological polar surface area (TPSA) is 46.6 Å². The smallest absolute Gasteiger partial charge is 0.410 e. The maximum Gasteiger partial charge on any atom is 0.410 e. The molecule has 1 saturated heterocycles. The maximum absolute atomic E-state index is 11.9. The number of nitrogens with zero attached hydrogens (tertiary/aromatic N) is 1. The van der Waals surface area contributed by atoms with Crippen molar-refractivity contribution in [3.05, 3.63) is 11.6 Å². The van der Waals surface area contributed by atoms with E-state index in [1.807, 2.05) is 27.7 Å². The quantitative estimate of drug-likeness (QED) is 0.722. The molecule has 1 aliphatic heterocycles. The Morgan fingerprint density at radius 1 is 1.16 bits per heavy atom. The summed E-state index contributed by atoms with van der Waals surface area (Å²) in [5.41, 5.74) is 0.676. The van der Waals surface area contributed by atoms with E-state index < -0.39 is 5.60 Å². The molecule has 1 rings (SSSR count). The van der Waals surface area contributed by atoms with Crippen molar-refractivity contribution < 1.29 is 14.3 Å². The molecule has 4 heteroatoms. The standard InChI is InChI=1S/C15H25NO3/c1-11(10-12(2)17)13-6-8-16(9-7-13)14(18)19-15(3,4)5/h10,13H,6-9H2,1-5H3/b11-10+. The highest BCUT2D eigenvalue weighted by atomic mass is 16.6. The molecular weight excluding hydrogens is 242 g/mol. The van der Waals surface area contributed by atoms with Gasteiger partial charge in [-0.1, -0.05) is 5.57 Å². The van der Waals surface area contributed by atoms with Gasteiger partial charge >= 0.3 is 6.09 Å². The summed E-state index contributed by atoms with van der Waals surface area (Å²) in [7, 11) is 0. The fourth-order valence-corrected chi connectivity index (χ4v) is 2.28. The zero-order valence-corrected chi connectivity index (χ0v) is 12.7. The molecular formula is C15H25NO3. The van der Waals surface area contributed by atoms with E-state index in [9.17, 15) is 9.59 Å². The zero-order chi connectivity index (χ0) is 14.6. The summed E-state index contributed by atoms with van der Waals surface area (Å²) >= 11 is 0. The van der Waals surface area contributed by atoms with E-state index in [-0.39, 0.29) is 11.9 Å². The number of piperidine rings is 1. The Labute approximate surface area is 115 Å². The minimum Gasteiger partial charge on any atom is -0.444 e. The van der Waals surface area contributed by atoms with Gasteiger partial charge in [-0.2, -0.15) is 0 Å². The third kappa shape index (κ3) is 5.45. The summed E-state index contributed by atoms with van der Waals surface area (Å²) in [5, 5.41) is 0. The van der Waals surface area contributed by atoms with Crippen molar-refractivity contribution >= 4 is 11.9 Å². The van der Waals surface area contributed by atoms with Gasteiger partial charge in [0, 0.05) is 13.1 Å². The molecule has 0 unspecified atom stereocenters. The minimum absolute atomic E-state index is 0.0899. The van der Waals surface area contributed by atoms with Crippen LogP contribution in [0, 0.1) is 5.92 Å². The molecule has 0 aromatic carbocycles. The van der Waals surface area contributed by atoms with Gasteiger partial charge in [0.05, 0.1) is 0 Å². The number of rotatable bonds is 2. The first-order chi connectivity index (χ1) is 8.69. The van der Waals surface area contributed by atoms with Crippen molar-refractivity contribution in [1.82, 2.24) is 4.90 Å². The molecule has 0 aromatic rings. The summed E-state index contributed by atoms with van der Waals surface area (Å²) in [6, 6.07) is 0. The van der Waals surface area contributed by atoms with Gasteiger partial charge in [0.25, 0.3) is 0 Å². The summed E-state index contributed by atoms with van der Waals surface area (Å²) < 4.78 is 5.36. The molecule has 0 bridgehead atoms. The lowest BCUT2D eigenvalue weighted by Crippen LogP contribution is -2.41. The van der Waals surface area contributed by atoms with Gasteiger partial charge in [-0.25, -0.2) is 4.79 Å². The number of hydrogen-bond acceptors (Lipinski definition) is 3. The Bertz CT molecular complexity index is 371. The van der Waals surface area contributed by atoms with E-state index in [1.165, 1.54) is 0 Å². The van der Waals surface area contributed by atoms with Gasteiger partial charge in [-0.3, -0.25) is 4.79 Å². The van der Waals surface area contributed by atoms with Gasteiger partial charge in [-0.15, -0.1) is 0 Å². The van der Waals surface area contributed by atoms with Crippen LogP contribution >= 0.6 is 0 Å². The monoisotopic (exact) mass is 267 g/mol. The largest absolute Gasteiger partial charge is 0.444 e. The Hall–Kier alpha value is -1.32. The van der Waals surface area contributed by atoms with Crippen LogP contribution in [-0.4, -0.2) is 35.5 Å². The molecule has 19 heavy (non-hydrogen) atoms. The average molecular weight is 267 g/mol. The molecule has 4 nitrogen and oxygen atoms in total. The second-order valence-corrected chi connectivity index (χ2v) is 6.24. The minimum atomic E-state index is -0.446. The van der Waals surface area contributed by atoms with Gasteiger partial charge in [-0.05, 0) is 59.5 Å². The van der Waals surface area contributed by atoms with Crippen LogP contribution in [0.5, 0.6) is 0 Å². The van der Waals surface area contributed by atoms with Crippen LogP contribution in [0.3, 0.4) is 0 Å². The number of hydrogen-bond donors (Lipinski definition) is 0. The Morgan fingerprint density at radius 2 is 1.68 bits per heavy atom. The highest BCUT2D eigenvalue weighted by Gasteiger charge is 2.27. The third-order valence-electron chi connectivity index (χ3n) is 3.22. The summed E-state index contributed by atoms with van der Waals surface area (Å²) in [5.74, 6) is 0.495. The van der Waals surface area contributed by atoms with E-state index in [0.29, 0.717) is 19.0 Å². The number of ether oxygens (including phenoxy) is 1. The van der Waals surface area contributed by atoms with Crippen LogP contribution in [0.4, 0.5) is 4.79 Å². The van der Waals surface area contributed by atoms with E-state index in [4.69, 9.17) is 4.74 Å². The number of ketones is 1. The first-order valence-corrected chi connectivity index (χ1v) is 6.86. The van der Waals surface area contributed by atoms with Crippen molar-refractivity contribution in [3.63, 3.8) is 0 Å². The lowest BCUT2D eigenvalue weighted by atomic mass is 9.89. The number of likely N-dealkylation sites (tertiary alicyclic amines) is 1. The fraction of sp³-hybridized carbons (Fsp3) is 0.733. The van der Waals surface area contributed by atoms with Crippen LogP contribution in [0.1, 0.15) is 47.5 Å². The van der Waals surface area contributed by atoms with Gasteiger partial charge in [0.15, 0.2) is 5.78 Å². The molecule has 0 atom stereocenters. The number of allylic oxidation sites excluding steroid dienone is 2. The Morgan fingerprint density at radius 3 is 2.11 bits per heavy atom. The molecule has 0 N–H and O–H groups in total. The van der Waals surface area contributed by atoms with E-state index >= 15 is 0 Å². The summed E-state index contributed by atoms with van der Waals surface area (Å²) in [6.45, 7) is 10.6. The molecule has 1 amide bonds. The van der Waals surface area contributed by atoms with E-state index in [1.54, 1.807) is 17.9 Å². The summed E-state index contributed by atoms with van der Waals surface area (Å²) in [6.07, 6.45) is 3.26. The second-order valence-electron chi connectivity index (χ2n) is 6.24. The van der Waals surface area contributed by atoms with Crippen molar-refractivity contribution in [3.8, 4) is 0 Å². The summed E-state index contributed by atoms with van der Waals surface area (Å²) in [4.78, 5) is 24.7. The van der Waals surface area contributed by atoms with Crippen molar-refractivity contribution in [2.45, 2.75) is 53.1 Å². The fourth-order valence-electron chi connectivity index (χ4n) is 2.28. The average Bonchev–Trinajstić information content (AvgIpc) is 2.26. The first kappa shape index (κ1) is 15.7. The van der Waals surface area contributed by atoms with Crippen LogP contribution in [0.25, 0.3) is 0 Å². The van der Waals surface area contributed by atoms with Crippen LogP contribution in [-0.2, 0) is 9.53 Å². The maximum atomic E-state index is 11.9. The molecule has 0 aliphatic carbocycles. The van der Waals surface area contributed by atoms with Gasteiger partial charge in [0.2, 0.25) is 0 Å². The van der Waals surface area contributed by atoms with E-state index in [2.05, 4.69) is 0 Å². The highest BCUT2D eigenvalue weighted by molar-refractivity contribution is 5.87. The molecule has 108 valence electrons. The number of carbonyl (C=O) groups is 2. The van der Waals surface area contributed by atoms with Gasteiger partial charge < -0.3 is 9.64 Å². The Balaban J connectivity index is 2.49. The molecule has 0 spiro atoms. The van der Waals surface area contributed by atoms with Gasteiger partial charge in [0.1, 0.15) is 5.60 Å². The number of amides is 1. The SMILES string of the molecule is CC(=O)/C=C(\C)C1CCN(C(=O)OC(C)(C)C)CC1. The predicted molar refractivity (Wildman–Crippen MR) is 75.0 cm³/mol. The predicted octanol–water partition coefficient (Wildman–Crippen LogP) is 3.17.